The number of aliphatic hydroxyl groups is 1. The van der Waals surface area contributed by atoms with Crippen molar-refractivity contribution < 1.29 is 118 Å². The van der Waals surface area contributed by atoms with E-state index >= 15 is 0 Å². The molecular formula is C6H5O4Y3-3. The molecule has 13 heavy (non-hydrogen) atoms. The van der Waals surface area contributed by atoms with Crippen LogP contribution in [0.25, 0.3) is 0 Å². The summed E-state index contributed by atoms with van der Waals surface area (Å²) in [6, 6.07) is 0. The molecule has 0 rings (SSSR count). The number of hydrogen-bond donors (Lipinski definition) is 1. The summed E-state index contributed by atoms with van der Waals surface area (Å²) in [5, 5.41) is 8.87. The third kappa shape index (κ3) is 12.2. The Labute approximate surface area is 152 Å². The summed E-state index contributed by atoms with van der Waals surface area (Å²) in [6.07, 6.45) is 2.69. The molecule has 0 saturated heterocycles. The zero-order valence-corrected chi connectivity index (χ0v) is 15.3. The Morgan fingerprint density at radius 3 is 1.38 bits per heavy atom. The van der Waals surface area contributed by atoms with Gasteiger partial charge in [0.15, 0.2) is 0 Å². The van der Waals surface area contributed by atoms with Crippen molar-refractivity contribution in [3.63, 3.8) is 0 Å². The molecule has 0 aliphatic heterocycles. The van der Waals surface area contributed by atoms with Gasteiger partial charge in [0, 0.05) is 98.1 Å². The van der Waals surface area contributed by atoms with Crippen LogP contribution in [-0.4, -0.2) is 29.6 Å². The molecule has 7 heteroatoms. The van der Waals surface area contributed by atoms with E-state index in [4.69, 9.17) is 5.11 Å². The molecule has 0 atom stereocenters. The average Bonchev–Trinajstić information content (AvgIpc) is 1.89. The number of carbonyl (C=O) groups excluding carboxylic acids is 3. The van der Waals surface area contributed by atoms with Crippen LogP contribution in [0.4, 0.5) is 0 Å². The maximum Gasteiger partial charge on any atom is 0 e. The van der Waals surface area contributed by atoms with E-state index in [2.05, 4.69) is 0 Å². The van der Waals surface area contributed by atoms with Crippen LogP contribution in [0.15, 0.2) is 0 Å². The van der Waals surface area contributed by atoms with Gasteiger partial charge in [-0.05, 0) is 0 Å². The fourth-order valence-corrected chi connectivity index (χ4v) is 0.373. The fraction of sp³-hybridized carbons (Fsp3) is 0.500. The zero-order valence-electron chi connectivity index (χ0n) is 6.82. The van der Waals surface area contributed by atoms with Crippen LogP contribution in [0, 0.1) is 0 Å². The first-order valence-corrected chi connectivity index (χ1v) is 2.50. The van der Waals surface area contributed by atoms with Crippen molar-refractivity contribution in [2.45, 2.75) is 18.4 Å². The van der Waals surface area contributed by atoms with E-state index in [0.717, 1.165) is 6.29 Å². The predicted molar refractivity (Wildman–Crippen MR) is 31.3 cm³/mol. The first-order valence-electron chi connectivity index (χ1n) is 2.50. The number of hydrogen-bond acceptors (Lipinski definition) is 4. The van der Waals surface area contributed by atoms with Crippen molar-refractivity contribution in [2.75, 3.05) is 0 Å². The van der Waals surface area contributed by atoms with Gasteiger partial charge in [-0.25, -0.2) is 6.29 Å². The molecule has 0 bridgehead atoms. The van der Waals surface area contributed by atoms with Gasteiger partial charge in [0.05, 0.1) is 0 Å². The molecule has 3 radical (unpaired) electrons. The van der Waals surface area contributed by atoms with Gasteiger partial charge in [-0.1, -0.05) is 5.60 Å². The molecule has 0 unspecified atom stereocenters. The second kappa shape index (κ2) is 14.3. The number of rotatable bonds is 5. The summed E-state index contributed by atoms with van der Waals surface area (Å²) in [4.78, 5) is 29.2. The van der Waals surface area contributed by atoms with Gasteiger partial charge >= 0.3 is 0 Å². The Morgan fingerprint density at radius 2 is 1.23 bits per heavy atom. The van der Waals surface area contributed by atoms with Gasteiger partial charge in [-0.3, -0.25) is 12.6 Å². The third-order valence-electron chi connectivity index (χ3n) is 0.919. The maximum atomic E-state index is 9.87. The molecule has 4 nitrogen and oxygen atoms in total. The third-order valence-corrected chi connectivity index (χ3v) is 0.919. The summed E-state index contributed by atoms with van der Waals surface area (Å²) in [7, 11) is 0. The first-order chi connectivity index (χ1) is 4.68. The molecular weight excluding hydrogens is 403 g/mol. The summed E-state index contributed by atoms with van der Waals surface area (Å²) < 4.78 is 0. The van der Waals surface area contributed by atoms with Crippen LogP contribution in [0.3, 0.4) is 0 Å². The largest absolute Gasteiger partial charge is 0.542 e. The van der Waals surface area contributed by atoms with Crippen LogP contribution in [0.5, 0.6) is 0 Å². The van der Waals surface area contributed by atoms with Gasteiger partial charge in [0.1, 0.15) is 0 Å². The summed E-state index contributed by atoms with van der Waals surface area (Å²) in [5.41, 5.74) is -2.01. The fourth-order valence-electron chi connectivity index (χ4n) is 0.373. The second-order valence-electron chi connectivity index (χ2n) is 1.78. The first kappa shape index (κ1) is 24.5. The minimum absolute atomic E-state index is 0. The van der Waals surface area contributed by atoms with Crippen molar-refractivity contribution in [3.8, 4) is 0 Å². The van der Waals surface area contributed by atoms with E-state index in [0.29, 0.717) is 0 Å². The SMILES string of the molecule is O=[C-]CC(O)([C-]=O)C[C-]=O.[Y].[Y].[Y]. The molecule has 0 amide bonds. The molecule has 0 aromatic heterocycles. The predicted octanol–water partition coefficient (Wildman–Crippen LogP) is -1.18. The Balaban J connectivity index is -0.000000135. The van der Waals surface area contributed by atoms with Gasteiger partial charge in [-0.15, -0.1) is 0 Å². The van der Waals surface area contributed by atoms with E-state index < -0.39 is 18.4 Å². The van der Waals surface area contributed by atoms with Crippen molar-refractivity contribution >= 4 is 18.9 Å². The summed E-state index contributed by atoms with van der Waals surface area (Å²) in [6.45, 7) is 0. The Morgan fingerprint density at radius 1 is 0.923 bits per heavy atom. The van der Waals surface area contributed by atoms with Crippen LogP contribution in [0.1, 0.15) is 12.8 Å². The van der Waals surface area contributed by atoms with Crippen LogP contribution < -0.4 is 0 Å². The Hall–Kier alpha value is 2.28. The molecule has 0 aromatic carbocycles. The standard InChI is InChI=1S/C6H5O4.3Y/c7-3-1-6(10,5-9)2-4-8;;;/h10H,1-2H2;;;/q-3;;;. The molecule has 0 aliphatic carbocycles. The van der Waals surface area contributed by atoms with Crippen molar-refractivity contribution in [1.29, 1.82) is 0 Å². The second-order valence-corrected chi connectivity index (χ2v) is 1.78. The van der Waals surface area contributed by atoms with Crippen molar-refractivity contribution in [1.82, 2.24) is 0 Å². The summed E-state index contributed by atoms with van der Waals surface area (Å²) in [5.74, 6) is 0. The van der Waals surface area contributed by atoms with Crippen LogP contribution in [-0.2, 0) is 113 Å². The van der Waals surface area contributed by atoms with E-state index in [1.54, 1.807) is 0 Å². The van der Waals surface area contributed by atoms with E-state index in [-0.39, 0.29) is 98.1 Å². The Kier molecular flexibility index (Phi) is 26.9. The van der Waals surface area contributed by atoms with E-state index in [1.165, 1.54) is 12.6 Å². The van der Waals surface area contributed by atoms with Gasteiger partial charge < -0.3 is 19.5 Å². The van der Waals surface area contributed by atoms with E-state index in [9.17, 15) is 14.4 Å². The minimum Gasteiger partial charge on any atom is -0.542 e. The molecule has 0 heterocycles. The Bertz CT molecular complexity index is 141. The maximum absolute atomic E-state index is 9.87. The van der Waals surface area contributed by atoms with Crippen molar-refractivity contribution in [2.24, 2.45) is 0 Å². The van der Waals surface area contributed by atoms with Gasteiger partial charge in [-0.2, -0.15) is 12.8 Å². The molecule has 1 N–H and O–H groups in total. The zero-order chi connectivity index (χ0) is 8.04. The van der Waals surface area contributed by atoms with Crippen LogP contribution in [0.2, 0.25) is 0 Å². The molecule has 0 aromatic rings. The normalized spacial score (nSPS) is 8.08. The topological polar surface area (TPSA) is 71.4 Å². The summed E-state index contributed by atoms with van der Waals surface area (Å²) >= 11 is 0. The molecule has 65 valence electrons. The van der Waals surface area contributed by atoms with Crippen molar-refractivity contribution in [3.05, 3.63) is 0 Å². The smallest absolute Gasteiger partial charge is 0 e. The quantitative estimate of drug-likeness (QED) is 0.582. The molecule has 0 aliphatic rings. The molecule has 0 fully saturated rings. The molecule has 0 saturated carbocycles. The molecule has 0 spiro atoms. The monoisotopic (exact) mass is 408 g/mol. The van der Waals surface area contributed by atoms with Gasteiger partial charge in [0.2, 0.25) is 0 Å². The van der Waals surface area contributed by atoms with Gasteiger partial charge in [0.25, 0.3) is 0 Å². The average molecular weight is 408 g/mol. The van der Waals surface area contributed by atoms with E-state index in [1.807, 2.05) is 0 Å². The van der Waals surface area contributed by atoms with Crippen LogP contribution >= 0.6 is 0 Å². The minimum atomic E-state index is -2.01.